The normalized spacial score (nSPS) is 10.9. The zero-order valence-corrected chi connectivity index (χ0v) is 18.6. The Morgan fingerprint density at radius 1 is 0.938 bits per heavy atom. The first-order valence-corrected chi connectivity index (χ1v) is 11.0. The van der Waals surface area contributed by atoms with Gasteiger partial charge in [0, 0.05) is 23.7 Å². The predicted octanol–water partition coefficient (Wildman–Crippen LogP) is 6.11. The summed E-state index contributed by atoms with van der Waals surface area (Å²) < 4.78 is 12.9. The second-order valence-corrected chi connectivity index (χ2v) is 7.86. The highest BCUT2D eigenvalue weighted by Crippen LogP contribution is 2.31. The molecule has 0 radical (unpaired) electrons. The van der Waals surface area contributed by atoms with Crippen molar-refractivity contribution in [3.05, 3.63) is 78.4 Å². The van der Waals surface area contributed by atoms with Crippen LogP contribution < -0.4 is 4.74 Å². The number of rotatable bonds is 9. The van der Waals surface area contributed by atoms with Crippen LogP contribution in [-0.2, 0) is 9.53 Å². The van der Waals surface area contributed by atoms with Gasteiger partial charge < -0.3 is 9.47 Å². The van der Waals surface area contributed by atoms with Gasteiger partial charge in [-0.3, -0.25) is 9.36 Å². The molecule has 0 aliphatic carbocycles. The highest BCUT2D eigenvalue weighted by Gasteiger charge is 2.15. The summed E-state index contributed by atoms with van der Waals surface area (Å²) in [7, 11) is 1.42. The van der Waals surface area contributed by atoms with Crippen molar-refractivity contribution in [1.29, 1.82) is 0 Å². The summed E-state index contributed by atoms with van der Waals surface area (Å²) in [6.07, 6.45) is 3.09. The van der Waals surface area contributed by atoms with Crippen LogP contribution in [0.15, 0.2) is 72.8 Å². The van der Waals surface area contributed by atoms with Crippen LogP contribution in [0.4, 0.5) is 0 Å². The van der Waals surface area contributed by atoms with Gasteiger partial charge in [0.15, 0.2) is 0 Å². The van der Waals surface area contributed by atoms with Crippen LogP contribution in [0.1, 0.15) is 31.2 Å². The lowest BCUT2D eigenvalue weighted by molar-refractivity contribution is -0.140. The quantitative estimate of drug-likeness (QED) is 0.238. The molecule has 4 rings (SSSR count). The van der Waals surface area contributed by atoms with Gasteiger partial charge in [-0.1, -0.05) is 48.0 Å². The van der Waals surface area contributed by atoms with E-state index in [1.165, 1.54) is 12.7 Å². The van der Waals surface area contributed by atoms with Crippen LogP contribution in [0.5, 0.6) is 5.75 Å². The van der Waals surface area contributed by atoms with E-state index in [-0.39, 0.29) is 5.97 Å². The molecule has 0 aliphatic heterocycles. The summed E-state index contributed by atoms with van der Waals surface area (Å²) >= 11 is 0. The molecule has 0 unspecified atom stereocenters. The molecule has 0 N–H and O–H groups in total. The second kappa shape index (κ2) is 10.1. The third kappa shape index (κ3) is 4.99. The fourth-order valence-corrected chi connectivity index (χ4v) is 3.72. The number of para-hydroxylation sites is 1. The van der Waals surface area contributed by atoms with Crippen LogP contribution in [0.3, 0.4) is 0 Å². The molecule has 0 bridgehead atoms. The van der Waals surface area contributed by atoms with Gasteiger partial charge >= 0.3 is 5.97 Å². The average molecular weight is 429 g/mol. The summed E-state index contributed by atoms with van der Waals surface area (Å²) in [5, 5.41) is 0. The molecule has 0 fully saturated rings. The van der Waals surface area contributed by atoms with Crippen LogP contribution >= 0.6 is 0 Å². The van der Waals surface area contributed by atoms with Crippen molar-refractivity contribution in [1.82, 2.24) is 9.55 Å². The Bertz CT molecular complexity index is 1180. The van der Waals surface area contributed by atoms with Crippen LogP contribution in [-0.4, -0.2) is 29.2 Å². The largest absolute Gasteiger partial charge is 0.494 e. The lowest BCUT2D eigenvalue weighted by Gasteiger charge is -2.11. The Labute approximate surface area is 188 Å². The fourth-order valence-electron chi connectivity index (χ4n) is 3.72. The molecular formula is C27H28N2O3. The summed E-state index contributed by atoms with van der Waals surface area (Å²) in [6.45, 7) is 2.69. The molecule has 0 spiro atoms. The number of carbonyl (C=O) groups is 1. The number of esters is 1. The minimum absolute atomic E-state index is 0.157. The molecule has 4 aromatic rings. The first-order valence-electron chi connectivity index (χ1n) is 11.0. The minimum Gasteiger partial charge on any atom is -0.494 e. The second-order valence-electron chi connectivity index (χ2n) is 7.86. The molecule has 164 valence electrons. The van der Waals surface area contributed by atoms with E-state index in [4.69, 9.17) is 9.72 Å². The Balaban J connectivity index is 1.58. The number of nitrogens with zero attached hydrogens (tertiary/aromatic N) is 2. The summed E-state index contributed by atoms with van der Waals surface area (Å²) in [4.78, 5) is 16.1. The van der Waals surface area contributed by atoms with E-state index in [1.54, 1.807) is 0 Å². The molecule has 0 aliphatic rings. The van der Waals surface area contributed by atoms with Gasteiger partial charge in [-0.15, -0.1) is 0 Å². The lowest BCUT2D eigenvalue weighted by atomic mass is 10.1. The minimum atomic E-state index is -0.157. The first kappa shape index (κ1) is 21.6. The molecule has 0 saturated heterocycles. The topological polar surface area (TPSA) is 53.4 Å². The Morgan fingerprint density at radius 2 is 1.72 bits per heavy atom. The van der Waals surface area contributed by atoms with Crippen molar-refractivity contribution < 1.29 is 14.3 Å². The number of imidazole rings is 1. The molecule has 5 heteroatoms. The van der Waals surface area contributed by atoms with Crippen molar-refractivity contribution in [3.8, 4) is 22.8 Å². The van der Waals surface area contributed by atoms with Crippen molar-refractivity contribution in [2.24, 2.45) is 0 Å². The van der Waals surface area contributed by atoms with E-state index < -0.39 is 0 Å². The molecule has 3 aromatic carbocycles. The number of methoxy groups -OCH3 is 1. The van der Waals surface area contributed by atoms with Crippen molar-refractivity contribution in [3.63, 3.8) is 0 Å². The van der Waals surface area contributed by atoms with E-state index in [0.717, 1.165) is 53.1 Å². The highest BCUT2D eigenvalue weighted by atomic mass is 16.5. The van der Waals surface area contributed by atoms with Gasteiger partial charge in [-0.05, 0) is 50.5 Å². The monoisotopic (exact) mass is 428 g/mol. The van der Waals surface area contributed by atoms with Gasteiger partial charge in [-0.25, -0.2) is 4.98 Å². The van der Waals surface area contributed by atoms with Crippen molar-refractivity contribution in [2.75, 3.05) is 13.7 Å². The predicted molar refractivity (Wildman–Crippen MR) is 127 cm³/mol. The number of hydrogen-bond donors (Lipinski definition) is 0. The molecule has 0 atom stereocenters. The maximum atomic E-state index is 11.2. The molecule has 32 heavy (non-hydrogen) atoms. The average Bonchev–Trinajstić information content (AvgIpc) is 3.21. The zero-order chi connectivity index (χ0) is 22.3. The standard InChI is InChI=1S/C27H28N2O3/c1-20-12-14-21(15-13-20)27-28-24-17-16-23(32-18-8-4-7-11-26(30)31-2)19-25(24)29(27)22-9-5-3-6-10-22/h3,5-6,9-10,12-17,19H,4,7-8,11,18H2,1-2H3. The number of unbranched alkanes of at least 4 members (excludes halogenated alkanes) is 2. The third-order valence-corrected chi connectivity index (χ3v) is 5.47. The van der Waals surface area contributed by atoms with Crippen LogP contribution in [0.25, 0.3) is 28.1 Å². The van der Waals surface area contributed by atoms with Gasteiger partial charge in [-0.2, -0.15) is 0 Å². The number of carbonyl (C=O) groups excluding carboxylic acids is 1. The fraction of sp³-hybridized carbons (Fsp3) is 0.259. The zero-order valence-electron chi connectivity index (χ0n) is 18.6. The maximum absolute atomic E-state index is 11.2. The van der Waals surface area contributed by atoms with Crippen molar-refractivity contribution >= 4 is 17.0 Å². The van der Waals surface area contributed by atoms with E-state index in [0.29, 0.717) is 13.0 Å². The van der Waals surface area contributed by atoms with Gasteiger partial charge in [0.25, 0.3) is 0 Å². The first-order chi connectivity index (χ1) is 15.7. The van der Waals surface area contributed by atoms with Crippen molar-refractivity contribution in [2.45, 2.75) is 32.6 Å². The van der Waals surface area contributed by atoms with Gasteiger partial charge in [0.05, 0.1) is 24.8 Å². The number of benzene rings is 3. The lowest BCUT2D eigenvalue weighted by Crippen LogP contribution is -2.01. The summed E-state index contributed by atoms with van der Waals surface area (Å²) in [5.74, 6) is 1.57. The molecule has 0 amide bonds. The Kier molecular flexibility index (Phi) is 6.85. The van der Waals surface area contributed by atoms with E-state index in [1.807, 2.05) is 30.3 Å². The SMILES string of the molecule is COC(=O)CCCCCOc1ccc2nc(-c3ccc(C)cc3)n(-c3ccccc3)c2c1. The number of aromatic nitrogens is 2. The molecule has 1 heterocycles. The highest BCUT2D eigenvalue weighted by molar-refractivity contribution is 5.84. The number of fused-ring (bicyclic) bond motifs is 1. The van der Waals surface area contributed by atoms with Gasteiger partial charge in [0.1, 0.15) is 11.6 Å². The van der Waals surface area contributed by atoms with Crippen LogP contribution in [0.2, 0.25) is 0 Å². The number of ether oxygens (including phenoxy) is 2. The molecular weight excluding hydrogens is 400 g/mol. The Morgan fingerprint density at radius 3 is 2.47 bits per heavy atom. The maximum Gasteiger partial charge on any atom is 0.305 e. The number of aryl methyl sites for hydroxylation is 1. The third-order valence-electron chi connectivity index (χ3n) is 5.47. The van der Waals surface area contributed by atoms with E-state index in [9.17, 15) is 4.79 Å². The Hall–Kier alpha value is -3.60. The van der Waals surface area contributed by atoms with Gasteiger partial charge in [0.2, 0.25) is 0 Å². The van der Waals surface area contributed by atoms with Crippen LogP contribution in [0, 0.1) is 6.92 Å². The number of hydrogen-bond acceptors (Lipinski definition) is 4. The molecule has 5 nitrogen and oxygen atoms in total. The molecule has 1 aromatic heterocycles. The van der Waals surface area contributed by atoms with E-state index >= 15 is 0 Å². The molecule has 0 saturated carbocycles. The van der Waals surface area contributed by atoms with E-state index in [2.05, 4.69) is 58.7 Å². The summed E-state index contributed by atoms with van der Waals surface area (Å²) in [6, 6.07) is 24.8. The summed E-state index contributed by atoms with van der Waals surface area (Å²) in [5.41, 5.74) is 5.29. The smallest absolute Gasteiger partial charge is 0.305 e.